The first-order valence-electron chi connectivity index (χ1n) is 3.32. The van der Waals surface area contributed by atoms with E-state index in [0.717, 1.165) is 0 Å². The Morgan fingerprint density at radius 3 is 1.33 bits per heavy atom. The Bertz CT molecular complexity index is 138. The van der Waals surface area contributed by atoms with Gasteiger partial charge in [0.25, 0.3) is 0 Å². The van der Waals surface area contributed by atoms with Gasteiger partial charge in [0.2, 0.25) is 5.91 Å². The maximum atomic E-state index is 9.80. The molecular formula is C6H15N3O3. The summed E-state index contributed by atoms with van der Waals surface area (Å²) in [6, 6.07) is -1.24. The van der Waals surface area contributed by atoms with Gasteiger partial charge >= 0.3 is 5.97 Å². The third kappa shape index (κ3) is 11.6. The molecular weight excluding hydrogens is 162 g/mol. The summed E-state index contributed by atoms with van der Waals surface area (Å²) in [4.78, 5) is 19.4. The Balaban J connectivity index is 0. The van der Waals surface area contributed by atoms with Crippen LogP contribution in [0.2, 0.25) is 0 Å². The predicted molar refractivity (Wildman–Crippen MR) is 44.1 cm³/mol. The second-order valence-electron chi connectivity index (χ2n) is 2.32. The maximum absolute atomic E-state index is 9.80. The number of carbonyl (C=O) groups excluding carboxylic acids is 1. The first-order valence-corrected chi connectivity index (χ1v) is 3.32. The fourth-order valence-electron chi connectivity index (χ4n) is 0. The molecule has 0 aliphatic rings. The molecule has 12 heavy (non-hydrogen) atoms. The van der Waals surface area contributed by atoms with Gasteiger partial charge in [0, 0.05) is 0 Å². The molecule has 0 saturated heterocycles. The highest BCUT2D eigenvalue weighted by molar-refractivity contribution is 5.78. The van der Waals surface area contributed by atoms with E-state index in [2.05, 4.69) is 5.73 Å². The highest BCUT2D eigenvalue weighted by Crippen LogP contribution is 1.68. The molecule has 0 radical (unpaired) electrons. The molecule has 0 aliphatic heterocycles. The number of carboxylic acids is 1. The van der Waals surface area contributed by atoms with Crippen molar-refractivity contribution in [2.75, 3.05) is 0 Å². The first-order chi connectivity index (χ1) is 5.29. The number of rotatable bonds is 2. The molecule has 72 valence electrons. The molecule has 0 fully saturated rings. The van der Waals surface area contributed by atoms with E-state index in [4.69, 9.17) is 16.6 Å². The maximum Gasteiger partial charge on any atom is 0.320 e. The topological polar surface area (TPSA) is 132 Å². The summed E-state index contributed by atoms with van der Waals surface area (Å²) in [5.41, 5.74) is 14.5. The summed E-state index contributed by atoms with van der Waals surface area (Å²) >= 11 is 0. The number of hydrogen-bond donors (Lipinski definition) is 4. The quantitative estimate of drug-likeness (QED) is 0.396. The summed E-state index contributed by atoms with van der Waals surface area (Å²) < 4.78 is 0. The number of aliphatic carboxylic acids is 1. The molecule has 1 amide bonds. The van der Waals surface area contributed by atoms with Crippen LogP contribution in [0.3, 0.4) is 0 Å². The lowest BCUT2D eigenvalue weighted by atomic mass is 10.4. The largest absolute Gasteiger partial charge is 0.480 e. The van der Waals surface area contributed by atoms with Crippen molar-refractivity contribution in [1.82, 2.24) is 0 Å². The molecule has 0 rings (SSSR count). The standard InChI is InChI=1S/C3H8N2O.C3H7NO2/c2*1-2(4)3(5)6/h2H,4H2,1H3,(H2,5,6);2H,4H2,1H3,(H,5,6)/t2*2-/m11/s1. The zero-order valence-electron chi connectivity index (χ0n) is 7.15. The van der Waals surface area contributed by atoms with Crippen LogP contribution in [0.1, 0.15) is 13.8 Å². The van der Waals surface area contributed by atoms with E-state index in [0.29, 0.717) is 0 Å². The van der Waals surface area contributed by atoms with Crippen LogP contribution in [-0.2, 0) is 9.59 Å². The SMILES string of the molecule is C[C@@H](N)C(=O)O.C[C@@H](N)C(N)=O. The van der Waals surface area contributed by atoms with Crippen LogP contribution in [0.5, 0.6) is 0 Å². The Kier molecular flexibility index (Phi) is 7.36. The van der Waals surface area contributed by atoms with Crippen LogP contribution in [0.25, 0.3) is 0 Å². The summed E-state index contributed by atoms with van der Waals surface area (Å²) in [5.74, 6) is -1.43. The molecule has 0 heterocycles. The van der Waals surface area contributed by atoms with Crippen molar-refractivity contribution in [3.05, 3.63) is 0 Å². The highest BCUT2D eigenvalue weighted by atomic mass is 16.4. The van der Waals surface area contributed by atoms with Crippen molar-refractivity contribution >= 4 is 11.9 Å². The van der Waals surface area contributed by atoms with Gasteiger partial charge in [-0.25, -0.2) is 0 Å². The second-order valence-corrected chi connectivity index (χ2v) is 2.32. The first kappa shape index (κ1) is 13.4. The zero-order chi connectivity index (χ0) is 10.3. The van der Waals surface area contributed by atoms with E-state index in [9.17, 15) is 9.59 Å². The van der Waals surface area contributed by atoms with Gasteiger partial charge in [-0.3, -0.25) is 9.59 Å². The average Bonchev–Trinajstić information content (AvgIpc) is 1.88. The van der Waals surface area contributed by atoms with Crippen LogP contribution < -0.4 is 17.2 Å². The zero-order valence-corrected chi connectivity index (χ0v) is 7.15. The molecule has 7 N–H and O–H groups in total. The smallest absolute Gasteiger partial charge is 0.320 e. The van der Waals surface area contributed by atoms with Crippen LogP contribution in [-0.4, -0.2) is 29.1 Å². The monoisotopic (exact) mass is 177 g/mol. The van der Waals surface area contributed by atoms with Gasteiger partial charge < -0.3 is 22.3 Å². The minimum atomic E-state index is -0.963. The number of carboxylic acid groups (broad SMARTS) is 1. The van der Waals surface area contributed by atoms with E-state index in [1.54, 1.807) is 6.92 Å². The predicted octanol–water partition coefficient (Wildman–Crippen LogP) is -1.76. The summed E-state index contributed by atoms with van der Waals surface area (Å²) in [6.45, 7) is 2.96. The lowest BCUT2D eigenvalue weighted by molar-refractivity contribution is -0.138. The lowest BCUT2D eigenvalue weighted by Gasteiger charge is -1.91. The highest BCUT2D eigenvalue weighted by Gasteiger charge is 1.99. The third-order valence-corrected chi connectivity index (χ3v) is 0.838. The number of nitrogens with two attached hydrogens (primary N) is 3. The van der Waals surface area contributed by atoms with Crippen molar-refractivity contribution in [3.8, 4) is 0 Å². The van der Waals surface area contributed by atoms with Gasteiger partial charge in [-0.2, -0.15) is 0 Å². The van der Waals surface area contributed by atoms with Crippen molar-refractivity contribution in [2.24, 2.45) is 17.2 Å². The fraction of sp³-hybridized carbons (Fsp3) is 0.667. The number of amides is 1. The van der Waals surface area contributed by atoms with Crippen molar-refractivity contribution < 1.29 is 14.7 Å². The minimum absolute atomic E-state index is 0.463. The lowest BCUT2D eigenvalue weighted by Crippen LogP contribution is -2.32. The normalized spacial score (nSPS) is 13.7. The third-order valence-electron chi connectivity index (χ3n) is 0.838. The summed E-state index contributed by atoms with van der Waals surface area (Å²) in [5, 5.41) is 7.87. The molecule has 0 aromatic heterocycles. The Morgan fingerprint density at radius 2 is 1.33 bits per heavy atom. The molecule has 0 aliphatic carbocycles. The van der Waals surface area contributed by atoms with E-state index in [-0.39, 0.29) is 0 Å². The van der Waals surface area contributed by atoms with Gasteiger partial charge in [-0.1, -0.05) is 0 Å². The number of carbonyl (C=O) groups is 2. The van der Waals surface area contributed by atoms with Gasteiger partial charge in [-0.15, -0.1) is 0 Å². The van der Waals surface area contributed by atoms with E-state index < -0.39 is 24.0 Å². The molecule has 6 nitrogen and oxygen atoms in total. The Morgan fingerprint density at radius 1 is 1.17 bits per heavy atom. The van der Waals surface area contributed by atoms with E-state index >= 15 is 0 Å². The molecule has 0 aromatic rings. The molecule has 2 atom stereocenters. The summed E-state index contributed by atoms with van der Waals surface area (Å²) in [7, 11) is 0. The van der Waals surface area contributed by atoms with Crippen LogP contribution in [0.15, 0.2) is 0 Å². The van der Waals surface area contributed by atoms with Gasteiger partial charge in [0.15, 0.2) is 0 Å². The Hall–Kier alpha value is -1.14. The Labute approximate surface area is 70.7 Å². The van der Waals surface area contributed by atoms with E-state index in [1.165, 1.54) is 6.92 Å². The molecule has 0 spiro atoms. The second kappa shape index (κ2) is 6.56. The summed E-state index contributed by atoms with van der Waals surface area (Å²) in [6.07, 6.45) is 0. The van der Waals surface area contributed by atoms with Gasteiger partial charge in [0.1, 0.15) is 6.04 Å². The van der Waals surface area contributed by atoms with Crippen molar-refractivity contribution in [3.63, 3.8) is 0 Å². The number of primary amides is 1. The number of hydrogen-bond acceptors (Lipinski definition) is 4. The van der Waals surface area contributed by atoms with Gasteiger partial charge in [-0.05, 0) is 13.8 Å². The molecule has 6 heteroatoms. The molecule has 0 unspecified atom stereocenters. The fourth-order valence-corrected chi connectivity index (χ4v) is 0. The van der Waals surface area contributed by atoms with Crippen LogP contribution in [0.4, 0.5) is 0 Å². The van der Waals surface area contributed by atoms with Gasteiger partial charge in [0.05, 0.1) is 6.04 Å². The molecule has 0 aromatic carbocycles. The van der Waals surface area contributed by atoms with E-state index in [1.807, 2.05) is 0 Å². The van der Waals surface area contributed by atoms with Crippen LogP contribution >= 0.6 is 0 Å². The van der Waals surface area contributed by atoms with Crippen molar-refractivity contribution in [1.29, 1.82) is 0 Å². The molecule has 0 saturated carbocycles. The van der Waals surface area contributed by atoms with Crippen LogP contribution in [0, 0.1) is 0 Å². The average molecular weight is 177 g/mol. The molecule has 0 bridgehead atoms. The minimum Gasteiger partial charge on any atom is -0.480 e. The van der Waals surface area contributed by atoms with Crippen molar-refractivity contribution in [2.45, 2.75) is 25.9 Å².